The van der Waals surface area contributed by atoms with E-state index in [-0.39, 0.29) is 11.5 Å². The number of fused-ring (bicyclic) bond motifs is 1. The summed E-state index contributed by atoms with van der Waals surface area (Å²) in [5.41, 5.74) is 4.73. The maximum Gasteiger partial charge on any atom is 0.210 e. The quantitative estimate of drug-likeness (QED) is 0.924. The van der Waals surface area contributed by atoms with Gasteiger partial charge in [-0.15, -0.1) is 10.2 Å². The summed E-state index contributed by atoms with van der Waals surface area (Å²) in [7, 11) is 1.68. The first-order valence-corrected chi connectivity index (χ1v) is 7.97. The summed E-state index contributed by atoms with van der Waals surface area (Å²) >= 11 is 1.73. The van der Waals surface area contributed by atoms with Crippen LogP contribution in [0.15, 0.2) is 29.4 Å². The summed E-state index contributed by atoms with van der Waals surface area (Å²) in [5, 5.41) is 9.54. The van der Waals surface area contributed by atoms with Crippen molar-refractivity contribution in [2.45, 2.75) is 37.4 Å². The van der Waals surface area contributed by atoms with Crippen LogP contribution in [0.2, 0.25) is 0 Å². The van der Waals surface area contributed by atoms with Gasteiger partial charge in [0.25, 0.3) is 0 Å². The summed E-state index contributed by atoms with van der Waals surface area (Å²) in [5.74, 6) is 2.78. The second-order valence-corrected chi connectivity index (χ2v) is 7.14. The van der Waals surface area contributed by atoms with Gasteiger partial charge < -0.3 is 10.2 Å². The fraction of sp³-hybridized carbons (Fsp3) is 0.467. The average Bonchev–Trinajstić information content (AvgIpc) is 2.90. The van der Waals surface area contributed by atoms with Crippen LogP contribution in [0.4, 0.5) is 0 Å². The lowest BCUT2D eigenvalue weighted by Gasteiger charge is -2.29. The third-order valence-electron chi connectivity index (χ3n) is 3.49. The van der Waals surface area contributed by atoms with Crippen molar-refractivity contribution in [1.82, 2.24) is 14.9 Å². The van der Waals surface area contributed by atoms with Crippen molar-refractivity contribution in [2.24, 2.45) is 0 Å². The number of ether oxygens (including phenoxy) is 1. The highest BCUT2D eigenvalue weighted by atomic mass is 32.2. The lowest BCUT2D eigenvalue weighted by molar-refractivity contribution is 0.414. The molecule has 0 saturated carbocycles. The molecule has 2 aromatic rings. The highest BCUT2D eigenvalue weighted by Crippen LogP contribution is 2.33. The first-order chi connectivity index (χ1) is 9.99. The summed E-state index contributed by atoms with van der Waals surface area (Å²) in [6, 6.07) is 8.43. The largest absolute Gasteiger partial charge is 0.497 e. The molecule has 0 amide bonds. The van der Waals surface area contributed by atoms with Gasteiger partial charge in [0.2, 0.25) is 5.16 Å². The van der Waals surface area contributed by atoms with Crippen molar-refractivity contribution in [3.8, 4) is 5.75 Å². The normalized spacial score (nSPS) is 18.0. The topological polar surface area (TPSA) is 52.0 Å². The van der Waals surface area contributed by atoms with Crippen LogP contribution in [0, 0.1) is 0 Å². The average molecular weight is 304 g/mol. The van der Waals surface area contributed by atoms with Gasteiger partial charge in [0.1, 0.15) is 5.75 Å². The maximum atomic E-state index is 5.21. The van der Waals surface area contributed by atoms with Crippen LogP contribution in [-0.2, 0) is 5.41 Å². The summed E-state index contributed by atoms with van der Waals surface area (Å²) in [4.78, 5) is 0. The monoisotopic (exact) mass is 304 g/mol. The van der Waals surface area contributed by atoms with E-state index >= 15 is 0 Å². The smallest absolute Gasteiger partial charge is 0.210 e. The van der Waals surface area contributed by atoms with E-state index in [9.17, 15) is 0 Å². The predicted octanol–water partition coefficient (Wildman–Crippen LogP) is 2.97. The minimum absolute atomic E-state index is 0.0411. The van der Waals surface area contributed by atoms with Crippen molar-refractivity contribution in [3.63, 3.8) is 0 Å². The number of nitrogens with one attached hydrogen (secondary N) is 1. The Morgan fingerprint density at radius 2 is 1.95 bits per heavy atom. The van der Waals surface area contributed by atoms with E-state index in [0.717, 1.165) is 22.5 Å². The minimum atomic E-state index is -0.0411. The number of nitrogens with zero attached hydrogens (tertiary/aromatic N) is 3. The third-order valence-corrected chi connectivity index (χ3v) is 4.51. The van der Waals surface area contributed by atoms with Gasteiger partial charge in [-0.25, -0.2) is 4.68 Å². The number of aromatic nitrogens is 3. The number of rotatable bonds is 2. The number of hydrogen-bond donors (Lipinski definition) is 1. The molecule has 3 rings (SSSR count). The molecule has 1 aliphatic heterocycles. The molecule has 0 aliphatic carbocycles. The zero-order valence-corrected chi connectivity index (χ0v) is 13.6. The highest BCUT2D eigenvalue weighted by Gasteiger charge is 2.29. The Labute approximate surface area is 129 Å². The molecule has 1 aromatic heterocycles. The van der Waals surface area contributed by atoms with E-state index in [0.29, 0.717) is 0 Å². The first kappa shape index (κ1) is 14.3. The van der Waals surface area contributed by atoms with Gasteiger partial charge in [-0.2, -0.15) is 0 Å². The second kappa shape index (κ2) is 5.26. The van der Waals surface area contributed by atoms with Gasteiger partial charge in [0, 0.05) is 11.2 Å². The molecule has 2 heterocycles. The lowest BCUT2D eigenvalue weighted by atomic mass is 9.96. The van der Waals surface area contributed by atoms with Crippen molar-refractivity contribution >= 4 is 11.8 Å². The molecule has 1 atom stereocenters. The van der Waals surface area contributed by atoms with Gasteiger partial charge in [0.15, 0.2) is 5.82 Å². The maximum absolute atomic E-state index is 5.21. The molecule has 1 aliphatic rings. The Morgan fingerprint density at radius 3 is 2.57 bits per heavy atom. The molecule has 0 bridgehead atoms. The van der Waals surface area contributed by atoms with Crippen molar-refractivity contribution in [2.75, 3.05) is 18.3 Å². The standard InChI is InChI=1S/C15H20N4OS/c1-15(2,3)13-16-17-14-19(13)18-12(9-21-14)10-5-7-11(20-4)8-6-10/h5-8,12,18H,9H2,1-4H3. The molecule has 0 spiro atoms. The van der Waals surface area contributed by atoms with Crippen molar-refractivity contribution in [1.29, 1.82) is 0 Å². The van der Waals surface area contributed by atoms with Crippen LogP contribution in [0.5, 0.6) is 5.75 Å². The number of methoxy groups -OCH3 is 1. The Kier molecular flexibility index (Phi) is 3.57. The van der Waals surface area contributed by atoms with Crippen molar-refractivity contribution in [3.05, 3.63) is 35.7 Å². The molecule has 0 saturated heterocycles. The van der Waals surface area contributed by atoms with E-state index in [2.05, 4.69) is 48.5 Å². The third kappa shape index (κ3) is 2.72. The highest BCUT2D eigenvalue weighted by molar-refractivity contribution is 7.99. The molecule has 1 aromatic carbocycles. The molecule has 112 valence electrons. The fourth-order valence-corrected chi connectivity index (χ4v) is 3.27. The van der Waals surface area contributed by atoms with Crippen LogP contribution < -0.4 is 10.2 Å². The van der Waals surface area contributed by atoms with Crippen LogP contribution in [0.25, 0.3) is 0 Å². The SMILES string of the molecule is COc1ccc(C2CSc3nnc(C(C)(C)C)n3N2)cc1. The van der Waals surface area contributed by atoms with E-state index in [1.807, 2.05) is 16.8 Å². The van der Waals surface area contributed by atoms with Gasteiger partial charge in [-0.1, -0.05) is 44.7 Å². The Balaban J connectivity index is 1.87. The number of thioether (sulfide) groups is 1. The van der Waals surface area contributed by atoms with Gasteiger partial charge in [0.05, 0.1) is 13.2 Å². The molecule has 21 heavy (non-hydrogen) atoms. The minimum Gasteiger partial charge on any atom is -0.497 e. The van der Waals surface area contributed by atoms with Crippen LogP contribution in [0.3, 0.4) is 0 Å². The molecule has 0 radical (unpaired) electrons. The lowest BCUT2D eigenvalue weighted by Crippen LogP contribution is -2.32. The summed E-state index contributed by atoms with van der Waals surface area (Å²) in [6.45, 7) is 6.44. The van der Waals surface area contributed by atoms with Crippen LogP contribution in [-0.4, -0.2) is 27.7 Å². The molecular weight excluding hydrogens is 284 g/mol. The van der Waals surface area contributed by atoms with E-state index in [1.54, 1.807) is 18.9 Å². The Morgan fingerprint density at radius 1 is 1.24 bits per heavy atom. The second-order valence-electron chi connectivity index (χ2n) is 6.16. The predicted molar refractivity (Wildman–Crippen MR) is 84.5 cm³/mol. The van der Waals surface area contributed by atoms with Gasteiger partial charge in [-0.05, 0) is 17.7 Å². The van der Waals surface area contributed by atoms with Crippen LogP contribution >= 0.6 is 11.8 Å². The van der Waals surface area contributed by atoms with Gasteiger partial charge in [-0.3, -0.25) is 0 Å². The summed E-state index contributed by atoms with van der Waals surface area (Å²) in [6.07, 6.45) is 0. The number of benzene rings is 1. The molecule has 1 unspecified atom stereocenters. The zero-order chi connectivity index (χ0) is 15.0. The molecule has 5 nitrogen and oxygen atoms in total. The fourth-order valence-electron chi connectivity index (χ4n) is 2.32. The van der Waals surface area contributed by atoms with Crippen LogP contribution in [0.1, 0.15) is 38.2 Å². The Hall–Kier alpha value is -1.69. The first-order valence-electron chi connectivity index (χ1n) is 6.98. The molecule has 6 heteroatoms. The van der Waals surface area contributed by atoms with E-state index in [1.165, 1.54) is 5.56 Å². The number of hydrogen-bond acceptors (Lipinski definition) is 5. The van der Waals surface area contributed by atoms with E-state index in [4.69, 9.17) is 4.74 Å². The Bertz CT molecular complexity index is 630. The molecular formula is C15H20N4OS. The molecule has 1 N–H and O–H groups in total. The van der Waals surface area contributed by atoms with Crippen molar-refractivity contribution < 1.29 is 4.74 Å². The zero-order valence-electron chi connectivity index (χ0n) is 12.8. The van der Waals surface area contributed by atoms with E-state index < -0.39 is 0 Å². The van der Waals surface area contributed by atoms with Gasteiger partial charge >= 0.3 is 0 Å². The molecule has 0 fully saturated rings. The summed E-state index contributed by atoms with van der Waals surface area (Å²) < 4.78 is 7.24.